The number of hydrogen-bond donors (Lipinski definition) is 0. The van der Waals surface area contributed by atoms with Gasteiger partial charge in [0, 0.05) is 12.1 Å². The molecule has 2 aromatic carbocycles. The first-order valence-corrected chi connectivity index (χ1v) is 7.22. The average molecular weight is 307 g/mol. The minimum Gasteiger partial charge on any atom is -0.354 e. The summed E-state index contributed by atoms with van der Waals surface area (Å²) in [5, 5.41) is 10.7. The Morgan fingerprint density at radius 1 is 1.13 bits per heavy atom. The molecule has 0 radical (unpaired) electrons. The minimum atomic E-state index is -0.522. The molecular weight excluding hydrogens is 294 g/mol. The van der Waals surface area contributed by atoms with Crippen molar-refractivity contribution in [3.05, 3.63) is 76.1 Å². The van der Waals surface area contributed by atoms with Crippen molar-refractivity contribution in [3.8, 4) is 0 Å². The molecule has 2 atom stereocenters. The van der Waals surface area contributed by atoms with Crippen molar-refractivity contribution in [2.45, 2.75) is 18.6 Å². The van der Waals surface area contributed by atoms with Gasteiger partial charge in [0.25, 0.3) is 5.69 Å². The van der Waals surface area contributed by atoms with E-state index in [9.17, 15) is 10.1 Å². The smallest absolute Gasteiger partial charge is 0.269 e. The largest absolute Gasteiger partial charge is 0.354 e. The summed E-state index contributed by atoms with van der Waals surface area (Å²) in [6, 6.07) is 14.1. The van der Waals surface area contributed by atoms with Gasteiger partial charge in [0.1, 0.15) is 11.7 Å². The third-order valence-electron chi connectivity index (χ3n) is 4.19. The van der Waals surface area contributed by atoms with Crippen LogP contribution in [0.15, 0.2) is 54.7 Å². The molecule has 6 nitrogen and oxygen atoms in total. The second-order valence-electron chi connectivity index (χ2n) is 5.69. The Morgan fingerprint density at radius 2 is 1.83 bits per heavy atom. The van der Waals surface area contributed by atoms with Crippen LogP contribution in [0.2, 0.25) is 0 Å². The Morgan fingerprint density at radius 3 is 2.52 bits per heavy atom. The molecule has 1 aliphatic rings. The zero-order valence-corrected chi connectivity index (χ0v) is 12.3. The van der Waals surface area contributed by atoms with Gasteiger partial charge in [-0.3, -0.25) is 15.1 Å². The molecule has 3 aromatic rings. The molecule has 6 heteroatoms. The standard InChI is InChI=1S/C17H13N3O3/c1-17(11-6-8-12(9-7-11)20(21)22)16(23-17)15-10-18-13-4-2-3-5-14(13)19-15/h2-10,16H,1H3/t16-,17-/m1/s1. The number of aromatic nitrogens is 2. The molecule has 4 rings (SSSR count). The second-order valence-corrected chi connectivity index (χ2v) is 5.69. The summed E-state index contributed by atoms with van der Waals surface area (Å²) in [5.41, 5.74) is 2.87. The lowest BCUT2D eigenvalue weighted by Gasteiger charge is -2.06. The zero-order valence-electron chi connectivity index (χ0n) is 12.3. The first kappa shape index (κ1) is 13.8. The van der Waals surface area contributed by atoms with Gasteiger partial charge in [0.2, 0.25) is 0 Å². The Hall–Kier alpha value is -2.86. The number of ether oxygens (including phenoxy) is 1. The third kappa shape index (κ3) is 2.24. The topological polar surface area (TPSA) is 81.5 Å². The number of benzene rings is 2. The summed E-state index contributed by atoms with van der Waals surface area (Å²) in [4.78, 5) is 19.3. The number of rotatable bonds is 3. The van der Waals surface area contributed by atoms with Gasteiger partial charge in [0.05, 0.1) is 27.8 Å². The van der Waals surface area contributed by atoms with Crippen LogP contribution in [-0.2, 0) is 10.3 Å². The molecule has 1 aliphatic heterocycles. The van der Waals surface area contributed by atoms with Crippen LogP contribution in [0, 0.1) is 10.1 Å². The van der Waals surface area contributed by atoms with E-state index in [0.29, 0.717) is 0 Å². The van der Waals surface area contributed by atoms with Gasteiger partial charge in [-0.05, 0) is 36.8 Å². The van der Waals surface area contributed by atoms with Crippen LogP contribution in [0.1, 0.15) is 24.3 Å². The summed E-state index contributed by atoms with van der Waals surface area (Å²) < 4.78 is 5.85. The summed E-state index contributed by atoms with van der Waals surface area (Å²) in [7, 11) is 0. The summed E-state index contributed by atoms with van der Waals surface area (Å²) >= 11 is 0. The first-order valence-electron chi connectivity index (χ1n) is 7.22. The predicted molar refractivity (Wildman–Crippen MR) is 83.8 cm³/mol. The molecule has 1 aromatic heterocycles. The Labute approximate surface area is 131 Å². The number of nitro benzene ring substituents is 1. The lowest BCUT2D eigenvalue weighted by atomic mass is 9.96. The minimum absolute atomic E-state index is 0.0695. The molecule has 0 amide bonds. The molecule has 2 heterocycles. The van der Waals surface area contributed by atoms with E-state index >= 15 is 0 Å². The molecule has 23 heavy (non-hydrogen) atoms. The quantitative estimate of drug-likeness (QED) is 0.420. The highest BCUT2D eigenvalue weighted by Crippen LogP contribution is 2.56. The highest BCUT2D eigenvalue weighted by atomic mass is 16.6. The fourth-order valence-electron chi connectivity index (χ4n) is 2.78. The van der Waals surface area contributed by atoms with E-state index in [-0.39, 0.29) is 11.8 Å². The van der Waals surface area contributed by atoms with Crippen molar-refractivity contribution in [1.82, 2.24) is 9.97 Å². The van der Waals surface area contributed by atoms with Gasteiger partial charge in [0.15, 0.2) is 0 Å². The van der Waals surface area contributed by atoms with Gasteiger partial charge in [-0.1, -0.05) is 12.1 Å². The van der Waals surface area contributed by atoms with E-state index in [0.717, 1.165) is 22.3 Å². The molecule has 0 spiro atoms. The normalized spacial score (nSPS) is 22.9. The van der Waals surface area contributed by atoms with Gasteiger partial charge < -0.3 is 4.74 Å². The molecule has 0 saturated carbocycles. The van der Waals surface area contributed by atoms with Crippen LogP contribution < -0.4 is 0 Å². The number of nitrogens with zero attached hydrogens (tertiary/aromatic N) is 3. The summed E-state index contributed by atoms with van der Waals surface area (Å²) in [6.07, 6.45) is 1.53. The Bertz CT molecular complexity index is 910. The third-order valence-corrected chi connectivity index (χ3v) is 4.19. The van der Waals surface area contributed by atoms with Gasteiger partial charge in [-0.15, -0.1) is 0 Å². The lowest BCUT2D eigenvalue weighted by Crippen LogP contribution is -2.05. The van der Waals surface area contributed by atoms with E-state index < -0.39 is 10.5 Å². The number of hydrogen-bond acceptors (Lipinski definition) is 5. The van der Waals surface area contributed by atoms with Gasteiger partial charge in [-0.25, -0.2) is 4.98 Å². The number of fused-ring (bicyclic) bond motifs is 1. The Kier molecular flexibility index (Phi) is 2.89. The molecule has 0 aliphatic carbocycles. The van der Waals surface area contributed by atoms with Crippen LogP contribution in [0.4, 0.5) is 5.69 Å². The van der Waals surface area contributed by atoms with Crippen LogP contribution in [0.3, 0.4) is 0 Å². The molecule has 114 valence electrons. The molecule has 1 saturated heterocycles. The second kappa shape index (κ2) is 4.82. The van der Waals surface area contributed by atoms with Crippen molar-refractivity contribution in [3.63, 3.8) is 0 Å². The van der Waals surface area contributed by atoms with E-state index in [2.05, 4.69) is 9.97 Å². The van der Waals surface area contributed by atoms with E-state index in [1.165, 1.54) is 12.1 Å². The number of para-hydroxylation sites is 2. The predicted octanol–water partition coefficient (Wildman–Crippen LogP) is 3.52. The maximum absolute atomic E-state index is 10.7. The summed E-state index contributed by atoms with van der Waals surface area (Å²) in [5.74, 6) is 0. The van der Waals surface area contributed by atoms with E-state index in [1.54, 1.807) is 18.3 Å². The molecule has 0 N–H and O–H groups in total. The van der Waals surface area contributed by atoms with Crippen molar-refractivity contribution in [1.29, 1.82) is 0 Å². The van der Waals surface area contributed by atoms with E-state index in [1.807, 2.05) is 31.2 Å². The van der Waals surface area contributed by atoms with Crippen molar-refractivity contribution >= 4 is 16.7 Å². The van der Waals surface area contributed by atoms with Crippen LogP contribution in [0.25, 0.3) is 11.0 Å². The SMILES string of the molecule is C[C@]1(c2ccc([N+](=O)[O-])cc2)O[C@@H]1c1cnc2ccccc2n1. The van der Waals surface area contributed by atoms with Crippen LogP contribution >= 0.6 is 0 Å². The monoisotopic (exact) mass is 307 g/mol. The number of non-ortho nitro benzene ring substituents is 1. The van der Waals surface area contributed by atoms with Crippen LogP contribution in [0.5, 0.6) is 0 Å². The van der Waals surface area contributed by atoms with Gasteiger partial charge in [-0.2, -0.15) is 0 Å². The number of nitro groups is 1. The molecule has 0 unspecified atom stereocenters. The zero-order chi connectivity index (χ0) is 16.0. The van der Waals surface area contributed by atoms with Gasteiger partial charge >= 0.3 is 0 Å². The molecular formula is C17H13N3O3. The average Bonchev–Trinajstić information content (AvgIpc) is 3.28. The van der Waals surface area contributed by atoms with Crippen molar-refractivity contribution in [2.75, 3.05) is 0 Å². The molecule has 1 fully saturated rings. The Balaban J connectivity index is 1.65. The summed E-state index contributed by atoms with van der Waals surface area (Å²) in [6.45, 7) is 1.95. The molecule has 0 bridgehead atoms. The van der Waals surface area contributed by atoms with Crippen LogP contribution in [-0.4, -0.2) is 14.9 Å². The highest BCUT2D eigenvalue weighted by Gasteiger charge is 2.55. The fourth-order valence-corrected chi connectivity index (χ4v) is 2.78. The fraction of sp³-hybridized carbons (Fsp3) is 0.176. The highest BCUT2D eigenvalue weighted by molar-refractivity contribution is 5.73. The van der Waals surface area contributed by atoms with Crippen molar-refractivity contribution in [2.24, 2.45) is 0 Å². The maximum atomic E-state index is 10.7. The first-order chi connectivity index (χ1) is 11.1. The van der Waals surface area contributed by atoms with E-state index in [4.69, 9.17) is 4.74 Å². The lowest BCUT2D eigenvalue weighted by molar-refractivity contribution is -0.384. The number of epoxide rings is 1. The maximum Gasteiger partial charge on any atom is 0.269 e. The van der Waals surface area contributed by atoms with Crippen molar-refractivity contribution < 1.29 is 9.66 Å².